The van der Waals surface area contributed by atoms with Crippen molar-refractivity contribution in [1.29, 1.82) is 0 Å². The number of amides is 2. The predicted molar refractivity (Wildman–Crippen MR) is 104 cm³/mol. The Balaban J connectivity index is 0.00000338. The summed E-state index contributed by atoms with van der Waals surface area (Å²) < 4.78 is 13.8. The summed E-state index contributed by atoms with van der Waals surface area (Å²) in [6.45, 7) is 5.72. The van der Waals surface area contributed by atoms with Crippen LogP contribution in [0.3, 0.4) is 0 Å². The van der Waals surface area contributed by atoms with Gasteiger partial charge in [0, 0.05) is 13.1 Å². The standard InChI is InChI=1S/C19H22FN3O2.ClH/c1-3-21-11-12-22-18(24)15-9-6-7-13(2)17(15)23-19(25)14-8-4-5-10-16(14)20;/h4-10,21H,3,11-12H2,1-2H3,(H,22,24)(H,23,25);1H. The van der Waals surface area contributed by atoms with Gasteiger partial charge in [-0.1, -0.05) is 31.2 Å². The Morgan fingerprint density at radius 3 is 2.35 bits per heavy atom. The number of aryl methyl sites for hydroxylation is 1. The average Bonchev–Trinajstić information content (AvgIpc) is 2.60. The quantitative estimate of drug-likeness (QED) is 0.647. The zero-order chi connectivity index (χ0) is 18.2. The largest absolute Gasteiger partial charge is 0.351 e. The SMILES string of the molecule is CCNCCNC(=O)c1cccc(C)c1NC(=O)c1ccccc1F.Cl. The number of anilines is 1. The summed E-state index contributed by atoms with van der Waals surface area (Å²) in [5, 5.41) is 8.58. The van der Waals surface area contributed by atoms with E-state index in [2.05, 4.69) is 16.0 Å². The van der Waals surface area contributed by atoms with E-state index in [1.165, 1.54) is 18.2 Å². The summed E-state index contributed by atoms with van der Waals surface area (Å²) >= 11 is 0. The first-order chi connectivity index (χ1) is 12.0. The summed E-state index contributed by atoms with van der Waals surface area (Å²) in [7, 11) is 0. The molecule has 0 unspecified atom stereocenters. The third kappa shape index (κ3) is 5.54. The number of para-hydroxylation sites is 1. The monoisotopic (exact) mass is 379 g/mol. The molecule has 26 heavy (non-hydrogen) atoms. The van der Waals surface area contributed by atoms with Gasteiger partial charge in [-0.2, -0.15) is 0 Å². The fourth-order valence-electron chi connectivity index (χ4n) is 2.39. The molecule has 2 aromatic rings. The van der Waals surface area contributed by atoms with Crippen LogP contribution in [0.5, 0.6) is 0 Å². The molecular formula is C19H23ClFN3O2. The van der Waals surface area contributed by atoms with E-state index in [0.717, 1.165) is 12.1 Å². The maximum atomic E-state index is 13.8. The first-order valence-electron chi connectivity index (χ1n) is 8.19. The van der Waals surface area contributed by atoms with Gasteiger partial charge in [0.2, 0.25) is 0 Å². The summed E-state index contributed by atoms with van der Waals surface area (Å²) in [6.07, 6.45) is 0. The van der Waals surface area contributed by atoms with Gasteiger partial charge in [0.15, 0.2) is 0 Å². The third-order valence-corrected chi connectivity index (χ3v) is 3.71. The second kappa shape index (κ2) is 10.5. The molecule has 0 bridgehead atoms. The molecule has 0 aliphatic carbocycles. The van der Waals surface area contributed by atoms with Crippen LogP contribution in [0.4, 0.5) is 10.1 Å². The highest BCUT2D eigenvalue weighted by molar-refractivity contribution is 6.09. The molecule has 0 aliphatic heterocycles. The van der Waals surface area contributed by atoms with Crippen molar-refractivity contribution in [2.24, 2.45) is 0 Å². The van der Waals surface area contributed by atoms with E-state index < -0.39 is 11.7 Å². The lowest BCUT2D eigenvalue weighted by Crippen LogP contribution is -2.32. The smallest absolute Gasteiger partial charge is 0.258 e. The average molecular weight is 380 g/mol. The molecule has 0 radical (unpaired) electrons. The minimum absolute atomic E-state index is 0. The molecule has 0 heterocycles. The van der Waals surface area contributed by atoms with E-state index in [1.54, 1.807) is 31.2 Å². The molecule has 3 N–H and O–H groups in total. The Bertz CT molecular complexity index is 768. The van der Waals surface area contributed by atoms with Gasteiger partial charge >= 0.3 is 0 Å². The first kappa shape index (κ1) is 21.6. The van der Waals surface area contributed by atoms with Gasteiger partial charge in [0.1, 0.15) is 5.82 Å². The van der Waals surface area contributed by atoms with Crippen LogP contribution in [-0.2, 0) is 0 Å². The molecule has 0 aliphatic rings. The number of carbonyl (C=O) groups excluding carboxylic acids is 2. The Morgan fingerprint density at radius 1 is 0.962 bits per heavy atom. The third-order valence-electron chi connectivity index (χ3n) is 3.71. The Labute approximate surface area is 158 Å². The number of nitrogens with one attached hydrogen (secondary N) is 3. The maximum absolute atomic E-state index is 13.8. The molecule has 5 nitrogen and oxygen atoms in total. The van der Waals surface area contributed by atoms with Gasteiger partial charge in [0.05, 0.1) is 16.8 Å². The predicted octanol–water partition coefficient (Wildman–Crippen LogP) is 3.15. The molecule has 0 saturated heterocycles. The minimum Gasteiger partial charge on any atom is -0.351 e. The number of carbonyl (C=O) groups is 2. The van der Waals surface area contributed by atoms with Crippen LogP contribution in [0.25, 0.3) is 0 Å². The van der Waals surface area contributed by atoms with Crippen molar-refractivity contribution in [2.45, 2.75) is 13.8 Å². The molecule has 0 atom stereocenters. The van der Waals surface area contributed by atoms with Crippen LogP contribution >= 0.6 is 12.4 Å². The van der Waals surface area contributed by atoms with Crippen molar-refractivity contribution in [3.63, 3.8) is 0 Å². The molecular weight excluding hydrogens is 357 g/mol. The van der Waals surface area contributed by atoms with Crippen molar-refractivity contribution in [3.8, 4) is 0 Å². The zero-order valence-corrected chi connectivity index (χ0v) is 15.6. The van der Waals surface area contributed by atoms with Gasteiger partial charge in [-0.25, -0.2) is 4.39 Å². The molecule has 0 aromatic heterocycles. The van der Waals surface area contributed by atoms with Crippen molar-refractivity contribution in [3.05, 3.63) is 65.0 Å². The van der Waals surface area contributed by atoms with Crippen molar-refractivity contribution < 1.29 is 14.0 Å². The second-order valence-corrected chi connectivity index (χ2v) is 5.54. The Morgan fingerprint density at radius 2 is 1.65 bits per heavy atom. The lowest BCUT2D eigenvalue weighted by atomic mass is 10.1. The number of benzene rings is 2. The molecule has 2 aromatic carbocycles. The van der Waals surface area contributed by atoms with E-state index in [1.807, 2.05) is 6.92 Å². The molecule has 0 fully saturated rings. The highest BCUT2D eigenvalue weighted by Gasteiger charge is 2.17. The van der Waals surface area contributed by atoms with E-state index >= 15 is 0 Å². The second-order valence-electron chi connectivity index (χ2n) is 5.54. The molecule has 0 saturated carbocycles. The van der Waals surface area contributed by atoms with E-state index in [-0.39, 0.29) is 23.9 Å². The summed E-state index contributed by atoms with van der Waals surface area (Å²) in [6, 6.07) is 10.9. The topological polar surface area (TPSA) is 70.2 Å². The molecule has 140 valence electrons. The molecule has 2 rings (SSSR count). The van der Waals surface area contributed by atoms with Crippen LogP contribution < -0.4 is 16.0 Å². The first-order valence-corrected chi connectivity index (χ1v) is 8.19. The number of rotatable bonds is 7. The summed E-state index contributed by atoms with van der Waals surface area (Å²) in [5.41, 5.74) is 1.39. The fourth-order valence-corrected chi connectivity index (χ4v) is 2.39. The number of likely N-dealkylation sites (N-methyl/N-ethyl adjacent to an activating group) is 1. The number of halogens is 2. The highest BCUT2D eigenvalue weighted by atomic mass is 35.5. The van der Waals surface area contributed by atoms with Crippen LogP contribution in [0.2, 0.25) is 0 Å². The Kier molecular flexibility index (Phi) is 8.75. The maximum Gasteiger partial charge on any atom is 0.258 e. The number of hydrogen-bond acceptors (Lipinski definition) is 3. The normalized spacial score (nSPS) is 9.96. The van der Waals surface area contributed by atoms with Crippen LogP contribution in [-0.4, -0.2) is 31.4 Å². The van der Waals surface area contributed by atoms with Gasteiger partial charge in [0.25, 0.3) is 11.8 Å². The lowest BCUT2D eigenvalue weighted by Gasteiger charge is -2.14. The van der Waals surface area contributed by atoms with E-state index in [4.69, 9.17) is 0 Å². The molecule has 7 heteroatoms. The van der Waals surface area contributed by atoms with Gasteiger partial charge in [-0.05, 0) is 37.2 Å². The summed E-state index contributed by atoms with van der Waals surface area (Å²) in [4.78, 5) is 24.8. The summed E-state index contributed by atoms with van der Waals surface area (Å²) in [5.74, 6) is -1.48. The van der Waals surface area contributed by atoms with Crippen LogP contribution in [0, 0.1) is 12.7 Å². The van der Waals surface area contributed by atoms with Gasteiger partial charge < -0.3 is 16.0 Å². The van der Waals surface area contributed by atoms with Crippen molar-refractivity contribution >= 4 is 29.9 Å². The van der Waals surface area contributed by atoms with E-state index in [0.29, 0.717) is 24.3 Å². The minimum atomic E-state index is -0.606. The lowest BCUT2D eigenvalue weighted by molar-refractivity contribution is 0.0954. The molecule has 0 spiro atoms. The van der Waals surface area contributed by atoms with E-state index in [9.17, 15) is 14.0 Å². The number of hydrogen-bond donors (Lipinski definition) is 3. The van der Waals surface area contributed by atoms with Gasteiger partial charge in [-0.15, -0.1) is 12.4 Å². The van der Waals surface area contributed by atoms with Crippen molar-refractivity contribution in [1.82, 2.24) is 10.6 Å². The highest BCUT2D eigenvalue weighted by Crippen LogP contribution is 2.22. The fraction of sp³-hybridized carbons (Fsp3) is 0.263. The van der Waals surface area contributed by atoms with Crippen LogP contribution in [0.1, 0.15) is 33.2 Å². The Hall–Kier alpha value is -2.44. The van der Waals surface area contributed by atoms with Crippen LogP contribution in [0.15, 0.2) is 42.5 Å². The molecule has 2 amide bonds. The van der Waals surface area contributed by atoms with Crippen molar-refractivity contribution in [2.75, 3.05) is 25.0 Å². The van der Waals surface area contributed by atoms with Gasteiger partial charge in [-0.3, -0.25) is 9.59 Å². The zero-order valence-electron chi connectivity index (χ0n) is 14.8.